The third-order valence-electron chi connectivity index (χ3n) is 3.49. The lowest BCUT2D eigenvalue weighted by Gasteiger charge is -2.07. The Balaban J connectivity index is 1.67. The van der Waals surface area contributed by atoms with Gasteiger partial charge >= 0.3 is 6.61 Å². The molecule has 0 aliphatic heterocycles. The minimum absolute atomic E-state index is 0.0862. The largest absolute Gasteiger partial charge is 0.435 e. The highest BCUT2D eigenvalue weighted by atomic mass is 35.5. The molecule has 1 N–H and O–H groups in total. The predicted octanol–water partition coefficient (Wildman–Crippen LogP) is 4.44. The van der Waals surface area contributed by atoms with Crippen LogP contribution in [0.1, 0.15) is 15.9 Å². The molecule has 3 rings (SSSR count). The Kier molecular flexibility index (Phi) is 5.48. The monoisotopic (exact) mass is 377 g/mol. The Labute approximate surface area is 153 Å². The number of hydrogen-bond donors (Lipinski definition) is 1. The van der Waals surface area contributed by atoms with E-state index in [0.29, 0.717) is 17.4 Å². The van der Waals surface area contributed by atoms with Crippen molar-refractivity contribution in [3.63, 3.8) is 0 Å². The number of hydrogen-bond acceptors (Lipinski definition) is 3. The molecule has 0 aliphatic carbocycles. The summed E-state index contributed by atoms with van der Waals surface area (Å²) in [5.41, 5.74) is 1.08. The van der Waals surface area contributed by atoms with Gasteiger partial charge in [0.15, 0.2) is 5.82 Å². The number of halogens is 3. The van der Waals surface area contributed by atoms with Crippen molar-refractivity contribution < 1.29 is 18.3 Å². The highest BCUT2D eigenvalue weighted by Gasteiger charge is 2.11. The van der Waals surface area contributed by atoms with Gasteiger partial charge in [-0.3, -0.25) is 9.48 Å². The Hall–Kier alpha value is -2.93. The van der Waals surface area contributed by atoms with Gasteiger partial charge < -0.3 is 10.1 Å². The number of amides is 1. The number of nitrogens with zero attached hydrogens (tertiary/aromatic N) is 2. The smallest absolute Gasteiger partial charge is 0.387 e. The highest BCUT2D eigenvalue weighted by molar-refractivity contribution is 6.31. The summed E-state index contributed by atoms with van der Waals surface area (Å²) in [6, 6.07) is 14.6. The van der Waals surface area contributed by atoms with Crippen LogP contribution >= 0.6 is 11.6 Å². The molecule has 0 saturated heterocycles. The van der Waals surface area contributed by atoms with Gasteiger partial charge in [-0.1, -0.05) is 35.9 Å². The minimum atomic E-state index is -2.95. The van der Waals surface area contributed by atoms with E-state index in [9.17, 15) is 13.6 Å². The molecule has 3 aromatic rings. The molecule has 0 atom stereocenters. The van der Waals surface area contributed by atoms with Crippen molar-refractivity contribution in [2.24, 2.45) is 0 Å². The third-order valence-corrected chi connectivity index (χ3v) is 3.86. The topological polar surface area (TPSA) is 56.2 Å². The molecule has 2 aromatic carbocycles. The first-order chi connectivity index (χ1) is 12.5. The molecule has 0 fully saturated rings. The maximum absolute atomic E-state index is 12.3. The summed E-state index contributed by atoms with van der Waals surface area (Å²) in [5.74, 6) is -0.230. The van der Waals surface area contributed by atoms with Crippen molar-refractivity contribution in [1.82, 2.24) is 9.78 Å². The molecule has 0 unspecified atom stereocenters. The number of benzene rings is 2. The summed E-state index contributed by atoms with van der Waals surface area (Å²) in [6.45, 7) is -2.50. The molecule has 1 amide bonds. The fourth-order valence-corrected chi connectivity index (χ4v) is 2.52. The van der Waals surface area contributed by atoms with Crippen molar-refractivity contribution in [3.8, 4) is 5.75 Å². The van der Waals surface area contributed by atoms with E-state index in [2.05, 4.69) is 15.2 Å². The molecule has 26 heavy (non-hydrogen) atoms. The maximum Gasteiger partial charge on any atom is 0.387 e. The van der Waals surface area contributed by atoms with E-state index in [4.69, 9.17) is 11.6 Å². The number of aromatic nitrogens is 2. The second-order valence-corrected chi connectivity index (χ2v) is 5.76. The van der Waals surface area contributed by atoms with E-state index < -0.39 is 12.5 Å². The zero-order valence-corrected chi connectivity index (χ0v) is 14.2. The van der Waals surface area contributed by atoms with E-state index in [1.165, 1.54) is 24.3 Å². The lowest BCUT2D eigenvalue weighted by atomic mass is 10.2. The molecule has 0 saturated carbocycles. The van der Waals surface area contributed by atoms with Crippen LogP contribution in [0.3, 0.4) is 0 Å². The summed E-state index contributed by atoms with van der Waals surface area (Å²) in [4.78, 5) is 12.2. The normalized spacial score (nSPS) is 10.8. The first-order valence-corrected chi connectivity index (χ1v) is 8.02. The number of alkyl halides is 2. The van der Waals surface area contributed by atoms with Crippen molar-refractivity contribution in [2.75, 3.05) is 5.32 Å². The lowest BCUT2D eigenvalue weighted by molar-refractivity contribution is -0.0498. The molecule has 134 valence electrons. The summed E-state index contributed by atoms with van der Waals surface area (Å²) < 4.78 is 30.5. The van der Waals surface area contributed by atoms with Gasteiger partial charge in [-0.15, -0.1) is 0 Å². The Bertz CT molecular complexity index is 915. The Morgan fingerprint density at radius 2 is 2.00 bits per heavy atom. The van der Waals surface area contributed by atoms with E-state index in [-0.39, 0.29) is 11.3 Å². The lowest BCUT2D eigenvalue weighted by Crippen LogP contribution is -2.13. The number of ether oxygens (including phenoxy) is 1. The first kappa shape index (κ1) is 17.9. The number of carbonyl (C=O) groups is 1. The first-order valence-electron chi connectivity index (χ1n) is 7.64. The van der Waals surface area contributed by atoms with Crippen LogP contribution in [0.2, 0.25) is 5.02 Å². The summed E-state index contributed by atoms with van der Waals surface area (Å²) >= 11 is 6.12. The van der Waals surface area contributed by atoms with Crippen LogP contribution in [-0.4, -0.2) is 22.3 Å². The molecule has 0 aliphatic rings. The SMILES string of the molecule is O=C(Nc1ccn(Cc2ccccc2Cl)n1)c1cccc(OC(F)F)c1. The summed E-state index contributed by atoms with van der Waals surface area (Å²) in [5, 5.41) is 7.50. The summed E-state index contributed by atoms with van der Waals surface area (Å²) in [6.07, 6.45) is 1.70. The average Bonchev–Trinajstić information content (AvgIpc) is 3.03. The fraction of sp³-hybridized carbons (Fsp3) is 0.111. The van der Waals surface area contributed by atoms with Gasteiger partial charge in [0.1, 0.15) is 5.75 Å². The van der Waals surface area contributed by atoms with Crippen molar-refractivity contribution in [1.29, 1.82) is 0 Å². The van der Waals surface area contributed by atoms with Crippen LogP contribution in [0.15, 0.2) is 60.8 Å². The van der Waals surface area contributed by atoms with Crippen molar-refractivity contribution >= 4 is 23.3 Å². The van der Waals surface area contributed by atoms with Crippen LogP contribution in [-0.2, 0) is 6.54 Å². The highest BCUT2D eigenvalue weighted by Crippen LogP contribution is 2.18. The van der Waals surface area contributed by atoms with Crippen molar-refractivity contribution in [2.45, 2.75) is 13.2 Å². The van der Waals surface area contributed by atoms with Crippen LogP contribution in [0.25, 0.3) is 0 Å². The van der Waals surface area contributed by atoms with Crippen LogP contribution in [0.4, 0.5) is 14.6 Å². The van der Waals surface area contributed by atoms with E-state index >= 15 is 0 Å². The quantitative estimate of drug-likeness (QED) is 0.691. The van der Waals surface area contributed by atoms with Gasteiger partial charge in [0.25, 0.3) is 5.91 Å². The fourth-order valence-electron chi connectivity index (χ4n) is 2.32. The van der Waals surface area contributed by atoms with Gasteiger partial charge in [0.05, 0.1) is 6.54 Å². The standard InChI is InChI=1S/C18H14ClF2N3O2/c19-15-7-2-1-4-13(15)11-24-9-8-16(23-24)22-17(25)12-5-3-6-14(10-12)26-18(20)21/h1-10,18H,11H2,(H,22,23,25). The Morgan fingerprint density at radius 3 is 2.77 bits per heavy atom. The molecule has 0 radical (unpaired) electrons. The van der Waals surface area contributed by atoms with E-state index in [0.717, 1.165) is 5.56 Å². The Morgan fingerprint density at radius 1 is 1.19 bits per heavy atom. The summed E-state index contributed by atoms with van der Waals surface area (Å²) in [7, 11) is 0. The van der Waals surface area contributed by atoms with Gasteiger partial charge in [-0.2, -0.15) is 13.9 Å². The van der Waals surface area contributed by atoms with Gasteiger partial charge in [0, 0.05) is 22.8 Å². The van der Waals surface area contributed by atoms with Gasteiger partial charge in [-0.05, 0) is 29.8 Å². The molecule has 5 nitrogen and oxygen atoms in total. The van der Waals surface area contributed by atoms with Crippen LogP contribution < -0.4 is 10.1 Å². The second kappa shape index (κ2) is 7.97. The number of rotatable bonds is 6. The molecule has 1 aromatic heterocycles. The molecular formula is C18H14ClF2N3O2. The minimum Gasteiger partial charge on any atom is -0.435 e. The van der Waals surface area contributed by atoms with Gasteiger partial charge in [0.2, 0.25) is 0 Å². The average molecular weight is 378 g/mol. The molecule has 1 heterocycles. The number of nitrogens with one attached hydrogen (secondary N) is 1. The third kappa shape index (κ3) is 4.58. The second-order valence-electron chi connectivity index (χ2n) is 5.35. The molecule has 8 heteroatoms. The zero-order chi connectivity index (χ0) is 18.5. The van der Waals surface area contributed by atoms with Crippen LogP contribution in [0, 0.1) is 0 Å². The van der Waals surface area contributed by atoms with E-state index in [1.807, 2.05) is 18.2 Å². The van der Waals surface area contributed by atoms with Crippen LogP contribution in [0.5, 0.6) is 5.75 Å². The predicted molar refractivity (Wildman–Crippen MR) is 93.8 cm³/mol. The maximum atomic E-state index is 12.3. The van der Waals surface area contributed by atoms with Crippen molar-refractivity contribution in [3.05, 3.63) is 76.9 Å². The molecule has 0 bridgehead atoms. The van der Waals surface area contributed by atoms with Gasteiger partial charge in [-0.25, -0.2) is 0 Å². The number of carbonyl (C=O) groups excluding carboxylic acids is 1. The van der Waals surface area contributed by atoms with E-state index in [1.54, 1.807) is 23.0 Å². The molecule has 0 spiro atoms. The zero-order valence-electron chi connectivity index (χ0n) is 13.4. The number of anilines is 1. The molecular weight excluding hydrogens is 364 g/mol.